The van der Waals surface area contributed by atoms with E-state index in [9.17, 15) is 4.79 Å². The number of hydrogen-bond acceptors (Lipinski definition) is 5. The van der Waals surface area contributed by atoms with Gasteiger partial charge in [0.2, 0.25) is 0 Å². The standard InChI is InChI=1S/C11H13N5OS/c1-7-3-4-8(18-2)5-9(7)11(17)12-6-10-13-15-16-14-10/h3-5H,6H2,1-2H3,(H,12,17)(H,13,14,15,16). The summed E-state index contributed by atoms with van der Waals surface area (Å²) in [5.41, 5.74) is 1.61. The van der Waals surface area contributed by atoms with Crippen LogP contribution < -0.4 is 5.32 Å². The molecule has 0 saturated carbocycles. The first-order valence-corrected chi connectivity index (χ1v) is 6.58. The Morgan fingerprint density at radius 3 is 3.00 bits per heavy atom. The van der Waals surface area contributed by atoms with Gasteiger partial charge in [0.1, 0.15) is 0 Å². The Morgan fingerprint density at radius 2 is 2.33 bits per heavy atom. The minimum Gasteiger partial charge on any atom is -0.345 e. The lowest BCUT2D eigenvalue weighted by Crippen LogP contribution is -2.24. The largest absolute Gasteiger partial charge is 0.345 e. The minimum atomic E-state index is -0.131. The summed E-state index contributed by atoms with van der Waals surface area (Å²) in [6, 6.07) is 5.82. The molecule has 2 rings (SSSR count). The van der Waals surface area contributed by atoms with Gasteiger partial charge in [0.25, 0.3) is 5.91 Å². The van der Waals surface area contributed by atoms with E-state index in [0.29, 0.717) is 11.4 Å². The molecule has 94 valence electrons. The second-order valence-corrected chi connectivity index (χ2v) is 4.57. The van der Waals surface area contributed by atoms with E-state index in [0.717, 1.165) is 10.5 Å². The molecule has 1 heterocycles. The molecule has 6 nitrogen and oxygen atoms in total. The maximum absolute atomic E-state index is 12.0. The fourth-order valence-corrected chi connectivity index (χ4v) is 1.92. The van der Waals surface area contributed by atoms with E-state index in [1.165, 1.54) is 0 Å². The van der Waals surface area contributed by atoms with Gasteiger partial charge in [-0.25, -0.2) is 0 Å². The van der Waals surface area contributed by atoms with Crippen LogP contribution in [0.4, 0.5) is 0 Å². The van der Waals surface area contributed by atoms with Gasteiger partial charge >= 0.3 is 0 Å². The first-order valence-electron chi connectivity index (χ1n) is 5.36. The van der Waals surface area contributed by atoms with E-state index in [4.69, 9.17) is 0 Å². The number of thioether (sulfide) groups is 1. The van der Waals surface area contributed by atoms with E-state index < -0.39 is 0 Å². The maximum Gasteiger partial charge on any atom is 0.251 e. The van der Waals surface area contributed by atoms with Crippen molar-refractivity contribution in [2.45, 2.75) is 18.4 Å². The Labute approximate surface area is 109 Å². The van der Waals surface area contributed by atoms with Gasteiger partial charge in [0.15, 0.2) is 5.82 Å². The lowest BCUT2D eigenvalue weighted by atomic mass is 10.1. The molecule has 0 bridgehead atoms. The van der Waals surface area contributed by atoms with Gasteiger partial charge in [-0.05, 0) is 30.9 Å². The normalized spacial score (nSPS) is 10.3. The molecular weight excluding hydrogens is 250 g/mol. The fraction of sp³-hybridized carbons (Fsp3) is 0.273. The molecule has 0 aliphatic heterocycles. The summed E-state index contributed by atoms with van der Waals surface area (Å²) in [7, 11) is 0. The summed E-state index contributed by atoms with van der Waals surface area (Å²) in [6.45, 7) is 2.17. The highest BCUT2D eigenvalue weighted by molar-refractivity contribution is 7.98. The number of nitrogens with one attached hydrogen (secondary N) is 2. The number of H-pyrrole nitrogens is 1. The summed E-state index contributed by atoms with van der Waals surface area (Å²) >= 11 is 1.61. The number of nitrogens with zero attached hydrogens (tertiary/aromatic N) is 3. The smallest absolute Gasteiger partial charge is 0.251 e. The SMILES string of the molecule is CSc1ccc(C)c(C(=O)NCc2nn[nH]n2)c1. The molecule has 0 radical (unpaired) electrons. The van der Waals surface area contributed by atoms with Gasteiger partial charge in [0, 0.05) is 10.5 Å². The highest BCUT2D eigenvalue weighted by Gasteiger charge is 2.10. The van der Waals surface area contributed by atoms with Crippen LogP contribution in [0.2, 0.25) is 0 Å². The summed E-state index contributed by atoms with van der Waals surface area (Å²) < 4.78 is 0. The second kappa shape index (κ2) is 5.63. The van der Waals surface area contributed by atoms with Crippen molar-refractivity contribution in [1.29, 1.82) is 0 Å². The number of hydrogen-bond donors (Lipinski definition) is 2. The molecule has 0 aliphatic rings. The Hall–Kier alpha value is -1.89. The number of rotatable bonds is 4. The molecule has 7 heteroatoms. The number of benzene rings is 1. The number of aryl methyl sites for hydroxylation is 1. The van der Waals surface area contributed by atoms with Crippen molar-refractivity contribution in [3.05, 3.63) is 35.2 Å². The Bertz CT molecular complexity index is 540. The monoisotopic (exact) mass is 263 g/mol. The zero-order valence-electron chi connectivity index (χ0n) is 10.1. The molecule has 1 amide bonds. The number of aromatic nitrogens is 4. The predicted octanol–water partition coefficient (Wildman–Crippen LogP) is 1.16. The minimum absolute atomic E-state index is 0.131. The first-order chi connectivity index (χ1) is 8.70. The molecule has 0 spiro atoms. The highest BCUT2D eigenvalue weighted by atomic mass is 32.2. The zero-order chi connectivity index (χ0) is 13.0. The number of aromatic amines is 1. The van der Waals surface area contributed by atoms with Crippen LogP contribution in [0.15, 0.2) is 23.1 Å². The van der Waals surface area contributed by atoms with Crippen molar-refractivity contribution in [3.63, 3.8) is 0 Å². The highest BCUT2D eigenvalue weighted by Crippen LogP contribution is 2.19. The quantitative estimate of drug-likeness (QED) is 0.809. The fourth-order valence-electron chi connectivity index (χ4n) is 1.48. The lowest BCUT2D eigenvalue weighted by Gasteiger charge is -2.07. The number of tetrazole rings is 1. The molecule has 0 saturated heterocycles. The molecule has 0 aliphatic carbocycles. The van der Waals surface area contributed by atoms with E-state index in [1.54, 1.807) is 11.8 Å². The first kappa shape index (κ1) is 12.6. The summed E-state index contributed by atoms with van der Waals surface area (Å²) in [4.78, 5) is 13.1. The Morgan fingerprint density at radius 1 is 1.50 bits per heavy atom. The third-order valence-corrected chi connectivity index (χ3v) is 3.21. The van der Waals surface area contributed by atoms with Gasteiger partial charge in [-0.15, -0.1) is 22.0 Å². The van der Waals surface area contributed by atoms with Crippen molar-refractivity contribution in [1.82, 2.24) is 25.9 Å². The summed E-state index contributed by atoms with van der Waals surface area (Å²) in [5.74, 6) is 0.329. The molecule has 0 fully saturated rings. The molecule has 18 heavy (non-hydrogen) atoms. The Kier molecular flexibility index (Phi) is 3.93. The van der Waals surface area contributed by atoms with Crippen LogP contribution in [0.5, 0.6) is 0 Å². The van der Waals surface area contributed by atoms with Gasteiger partial charge in [-0.2, -0.15) is 5.21 Å². The molecule has 2 N–H and O–H groups in total. The third kappa shape index (κ3) is 2.86. The van der Waals surface area contributed by atoms with Crippen LogP contribution in [0, 0.1) is 6.92 Å². The number of carbonyl (C=O) groups excluding carboxylic acids is 1. The van der Waals surface area contributed by atoms with Crippen LogP contribution in [0.1, 0.15) is 21.7 Å². The topological polar surface area (TPSA) is 83.6 Å². The van der Waals surface area contributed by atoms with Gasteiger partial charge in [-0.3, -0.25) is 4.79 Å². The third-order valence-electron chi connectivity index (χ3n) is 2.49. The number of carbonyl (C=O) groups is 1. The van der Waals surface area contributed by atoms with E-state index in [1.807, 2.05) is 31.4 Å². The van der Waals surface area contributed by atoms with Crippen LogP contribution in [0.3, 0.4) is 0 Å². The Balaban J connectivity index is 2.08. The summed E-state index contributed by atoms with van der Waals surface area (Å²) in [6.07, 6.45) is 1.98. The maximum atomic E-state index is 12.0. The second-order valence-electron chi connectivity index (χ2n) is 3.69. The zero-order valence-corrected chi connectivity index (χ0v) is 10.9. The van der Waals surface area contributed by atoms with Crippen LogP contribution in [-0.2, 0) is 6.54 Å². The average molecular weight is 263 g/mol. The van der Waals surface area contributed by atoms with Crippen molar-refractivity contribution in [3.8, 4) is 0 Å². The molecule has 1 aromatic heterocycles. The molecular formula is C11H13N5OS. The van der Waals surface area contributed by atoms with Crippen LogP contribution in [0.25, 0.3) is 0 Å². The number of amides is 1. The van der Waals surface area contributed by atoms with Gasteiger partial charge in [0.05, 0.1) is 6.54 Å². The molecule has 0 unspecified atom stereocenters. The average Bonchev–Trinajstić information content (AvgIpc) is 2.89. The molecule has 2 aromatic rings. The van der Waals surface area contributed by atoms with Crippen molar-refractivity contribution < 1.29 is 4.79 Å². The molecule has 0 atom stereocenters. The van der Waals surface area contributed by atoms with E-state index in [-0.39, 0.29) is 12.5 Å². The van der Waals surface area contributed by atoms with Crippen molar-refractivity contribution in [2.24, 2.45) is 0 Å². The lowest BCUT2D eigenvalue weighted by molar-refractivity contribution is 0.0949. The van der Waals surface area contributed by atoms with Crippen LogP contribution in [-0.4, -0.2) is 32.8 Å². The van der Waals surface area contributed by atoms with E-state index in [2.05, 4.69) is 25.9 Å². The summed E-state index contributed by atoms with van der Waals surface area (Å²) in [5, 5.41) is 16.1. The van der Waals surface area contributed by atoms with Gasteiger partial charge in [-0.1, -0.05) is 11.3 Å². The van der Waals surface area contributed by atoms with Crippen molar-refractivity contribution >= 4 is 17.7 Å². The van der Waals surface area contributed by atoms with Crippen LogP contribution >= 0.6 is 11.8 Å². The molecule has 1 aromatic carbocycles. The van der Waals surface area contributed by atoms with Gasteiger partial charge < -0.3 is 5.32 Å². The predicted molar refractivity (Wildman–Crippen MR) is 68.3 cm³/mol. The van der Waals surface area contributed by atoms with Crippen molar-refractivity contribution in [2.75, 3.05) is 6.26 Å². The van der Waals surface area contributed by atoms with E-state index >= 15 is 0 Å².